The molecule has 2 rings (SSSR count). The number of rotatable bonds is 5. The lowest BCUT2D eigenvalue weighted by Gasteiger charge is -2.22. The van der Waals surface area contributed by atoms with Crippen LogP contribution in [0, 0.1) is 0 Å². The molecule has 0 saturated heterocycles. The van der Waals surface area contributed by atoms with E-state index in [0.29, 0.717) is 26.2 Å². The van der Waals surface area contributed by atoms with Gasteiger partial charge in [-0.3, -0.25) is 9.59 Å². The number of benzene rings is 1. The molecule has 0 aliphatic carbocycles. The SMILES string of the molecule is CC(=O)NCCN(Cc1cccc2c1B(O)OC2)C(C)=O. The summed E-state index contributed by atoms with van der Waals surface area (Å²) in [6.45, 7) is 4.53. The Morgan fingerprint density at radius 3 is 2.86 bits per heavy atom. The van der Waals surface area contributed by atoms with Gasteiger partial charge in [0, 0.05) is 33.5 Å². The van der Waals surface area contributed by atoms with Crippen molar-refractivity contribution in [2.24, 2.45) is 0 Å². The Morgan fingerprint density at radius 2 is 2.19 bits per heavy atom. The molecule has 0 radical (unpaired) electrons. The Hall–Kier alpha value is -1.86. The molecule has 0 unspecified atom stereocenters. The molecular formula is C14H19BN2O4. The predicted octanol–water partition coefficient (Wildman–Crippen LogP) is -0.611. The Morgan fingerprint density at radius 1 is 1.43 bits per heavy atom. The number of hydrogen-bond donors (Lipinski definition) is 2. The zero-order valence-corrected chi connectivity index (χ0v) is 12.3. The maximum Gasteiger partial charge on any atom is 0.492 e. The van der Waals surface area contributed by atoms with Gasteiger partial charge in [0.1, 0.15) is 0 Å². The van der Waals surface area contributed by atoms with Crippen LogP contribution in [-0.4, -0.2) is 41.9 Å². The van der Waals surface area contributed by atoms with Gasteiger partial charge >= 0.3 is 7.12 Å². The van der Waals surface area contributed by atoms with E-state index in [1.165, 1.54) is 13.8 Å². The largest absolute Gasteiger partial charge is 0.492 e. The molecule has 0 aromatic heterocycles. The molecule has 2 N–H and O–H groups in total. The highest BCUT2D eigenvalue weighted by Crippen LogP contribution is 2.14. The summed E-state index contributed by atoms with van der Waals surface area (Å²) in [6, 6.07) is 5.68. The predicted molar refractivity (Wildman–Crippen MR) is 78.6 cm³/mol. The monoisotopic (exact) mass is 290 g/mol. The molecule has 6 nitrogen and oxygen atoms in total. The molecule has 1 aromatic rings. The smallest absolute Gasteiger partial charge is 0.423 e. The number of carbonyl (C=O) groups is 2. The lowest BCUT2D eigenvalue weighted by Crippen LogP contribution is -2.39. The quantitative estimate of drug-likeness (QED) is 0.709. The van der Waals surface area contributed by atoms with E-state index in [1.807, 2.05) is 18.2 Å². The van der Waals surface area contributed by atoms with E-state index >= 15 is 0 Å². The van der Waals surface area contributed by atoms with E-state index in [1.54, 1.807) is 4.90 Å². The van der Waals surface area contributed by atoms with Crippen molar-refractivity contribution < 1.29 is 19.3 Å². The molecule has 1 aliphatic heterocycles. The zero-order valence-electron chi connectivity index (χ0n) is 12.3. The average Bonchev–Trinajstić information content (AvgIpc) is 2.80. The summed E-state index contributed by atoms with van der Waals surface area (Å²) >= 11 is 0. The van der Waals surface area contributed by atoms with E-state index < -0.39 is 7.12 Å². The fourth-order valence-corrected chi connectivity index (χ4v) is 2.42. The summed E-state index contributed by atoms with van der Waals surface area (Å²) in [5.74, 6) is -0.200. The third-order valence-electron chi connectivity index (χ3n) is 3.49. The van der Waals surface area contributed by atoms with Crippen LogP contribution in [0.15, 0.2) is 18.2 Å². The van der Waals surface area contributed by atoms with Crippen molar-refractivity contribution in [3.05, 3.63) is 29.3 Å². The first-order valence-corrected chi connectivity index (χ1v) is 6.89. The van der Waals surface area contributed by atoms with Crippen molar-refractivity contribution in [3.63, 3.8) is 0 Å². The van der Waals surface area contributed by atoms with Crippen LogP contribution in [0.3, 0.4) is 0 Å². The van der Waals surface area contributed by atoms with Crippen molar-refractivity contribution in [1.82, 2.24) is 10.2 Å². The van der Waals surface area contributed by atoms with E-state index in [2.05, 4.69) is 5.32 Å². The molecule has 1 aromatic carbocycles. The first kappa shape index (κ1) is 15.5. The highest BCUT2D eigenvalue weighted by Gasteiger charge is 2.30. The van der Waals surface area contributed by atoms with Gasteiger partial charge in [-0.25, -0.2) is 0 Å². The van der Waals surface area contributed by atoms with Crippen LogP contribution in [0.5, 0.6) is 0 Å². The van der Waals surface area contributed by atoms with Crippen LogP contribution < -0.4 is 10.8 Å². The summed E-state index contributed by atoms with van der Waals surface area (Å²) < 4.78 is 5.21. The highest BCUT2D eigenvalue weighted by molar-refractivity contribution is 6.62. The molecule has 1 aliphatic rings. The molecule has 0 bridgehead atoms. The third kappa shape index (κ3) is 3.83. The Labute approximate surface area is 124 Å². The molecule has 2 amide bonds. The molecule has 0 fully saturated rings. The van der Waals surface area contributed by atoms with Crippen LogP contribution in [0.4, 0.5) is 0 Å². The van der Waals surface area contributed by atoms with Gasteiger partial charge in [-0.15, -0.1) is 0 Å². The topological polar surface area (TPSA) is 78.9 Å². The zero-order chi connectivity index (χ0) is 15.4. The Bertz CT molecular complexity index is 550. The number of nitrogens with one attached hydrogen (secondary N) is 1. The van der Waals surface area contributed by atoms with Gasteiger partial charge in [0.2, 0.25) is 11.8 Å². The fourth-order valence-electron chi connectivity index (χ4n) is 2.42. The minimum absolute atomic E-state index is 0.0774. The van der Waals surface area contributed by atoms with Gasteiger partial charge in [0.15, 0.2) is 0 Å². The van der Waals surface area contributed by atoms with Crippen LogP contribution >= 0.6 is 0 Å². The molecule has 112 valence electrons. The first-order chi connectivity index (χ1) is 9.99. The lowest BCUT2D eigenvalue weighted by molar-refractivity contribution is -0.130. The third-order valence-corrected chi connectivity index (χ3v) is 3.49. The minimum Gasteiger partial charge on any atom is -0.423 e. The first-order valence-electron chi connectivity index (χ1n) is 6.89. The molecule has 1 heterocycles. The number of carbonyl (C=O) groups excluding carboxylic acids is 2. The standard InChI is InChI=1S/C14H19BN2O4/c1-10(18)16-6-7-17(11(2)19)8-12-4-3-5-13-9-21-15(20)14(12)13/h3-5,20H,6-9H2,1-2H3,(H,16,18). The minimum atomic E-state index is -0.930. The molecule has 0 spiro atoms. The second-order valence-electron chi connectivity index (χ2n) is 5.08. The van der Waals surface area contributed by atoms with Crippen LogP contribution in [-0.2, 0) is 27.4 Å². The van der Waals surface area contributed by atoms with Crippen molar-refractivity contribution in [3.8, 4) is 0 Å². The summed E-state index contributed by atoms with van der Waals surface area (Å²) in [5.41, 5.74) is 2.57. The number of hydrogen-bond acceptors (Lipinski definition) is 4. The van der Waals surface area contributed by atoms with E-state index in [0.717, 1.165) is 16.6 Å². The van der Waals surface area contributed by atoms with Crippen molar-refractivity contribution in [1.29, 1.82) is 0 Å². The number of nitrogens with zero attached hydrogens (tertiary/aromatic N) is 1. The average molecular weight is 290 g/mol. The van der Waals surface area contributed by atoms with Gasteiger partial charge in [0.05, 0.1) is 6.61 Å². The van der Waals surface area contributed by atoms with E-state index in [-0.39, 0.29) is 11.8 Å². The maximum absolute atomic E-state index is 11.7. The van der Waals surface area contributed by atoms with Crippen molar-refractivity contribution in [2.75, 3.05) is 13.1 Å². The van der Waals surface area contributed by atoms with Gasteiger partial charge in [-0.1, -0.05) is 18.2 Å². The van der Waals surface area contributed by atoms with Crippen molar-refractivity contribution >= 4 is 24.4 Å². The van der Waals surface area contributed by atoms with Gasteiger partial charge in [0.25, 0.3) is 0 Å². The van der Waals surface area contributed by atoms with Gasteiger partial charge in [-0.05, 0) is 16.6 Å². The van der Waals surface area contributed by atoms with Gasteiger partial charge < -0.3 is 19.9 Å². The normalized spacial score (nSPS) is 13.0. The second kappa shape index (κ2) is 6.73. The molecule has 0 atom stereocenters. The maximum atomic E-state index is 11.7. The lowest BCUT2D eigenvalue weighted by atomic mass is 9.76. The van der Waals surface area contributed by atoms with Crippen LogP contribution in [0.1, 0.15) is 25.0 Å². The summed E-state index contributed by atoms with van der Waals surface area (Å²) in [7, 11) is -0.930. The van der Waals surface area contributed by atoms with Gasteiger partial charge in [-0.2, -0.15) is 0 Å². The second-order valence-corrected chi connectivity index (χ2v) is 5.08. The molecule has 7 heteroatoms. The summed E-state index contributed by atoms with van der Waals surface area (Å²) in [6.07, 6.45) is 0. The molecule has 21 heavy (non-hydrogen) atoms. The summed E-state index contributed by atoms with van der Waals surface area (Å²) in [5, 5.41) is 12.6. The Kier molecular flexibility index (Phi) is 4.98. The Balaban J connectivity index is 2.09. The van der Waals surface area contributed by atoms with E-state index in [4.69, 9.17) is 4.65 Å². The summed E-state index contributed by atoms with van der Waals surface area (Å²) in [4.78, 5) is 24.2. The van der Waals surface area contributed by atoms with Crippen LogP contribution in [0.25, 0.3) is 0 Å². The van der Waals surface area contributed by atoms with Crippen LogP contribution in [0.2, 0.25) is 0 Å². The molecular weight excluding hydrogens is 271 g/mol. The van der Waals surface area contributed by atoms with E-state index in [9.17, 15) is 14.6 Å². The fraction of sp³-hybridized carbons (Fsp3) is 0.429. The highest BCUT2D eigenvalue weighted by atomic mass is 16.5. The van der Waals surface area contributed by atoms with Crippen molar-refractivity contribution in [2.45, 2.75) is 27.0 Å². The number of fused-ring (bicyclic) bond motifs is 1. The number of amides is 2. The molecule has 0 saturated carbocycles.